The molecule has 0 radical (unpaired) electrons. The second-order valence-corrected chi connectivity index (χ2v) is 6.93. The van der Waals surface area contributed by atoms with Crippen LogP contribution in [-0.4, -0.2) is 24.8 Å². The van der Waals surface area contributed by atoms with E-state index in [0.717, 1.165) is 5.56 Å². The molecule has 2 aromatic carbocycles. The lowest BCUT2D eigenvalue weighted by atomic mass is 9.95. The van der Waals surface area contributed by atoms with Crippen LogP contribution in [0.3, 0.4) is 0 Å². The summed E-state index contributed by atoms with van der Waals surface area (Å²) in [7, 11) is 0. The fourth-order valence-corrected chi connectivity index (χ4v) is 3.25. The van der Waals surface area contributed by atoms with Crippen molar-refractivity contribution in [2.75, 3.05) is 18.1 Å². The largest absolute Gasteiger partial charge is 0.490 e. The van der Waals surface area contributed by atoms with Crippen LogP contribution >= 0.6 is 23.2 Å². The standard InChI is InChI=1S/C19H18Cl2N2O2/c1-12(13-3-2-4-14(20)10-13)9-16(22)19(24)23-7-8-25-18-6-5-15(21)11-17(18)23/h2-6,10-12,22H,7-9H2,1H3. The minimum Gasteiger partial charge on any atom is -0.490 e. The third-order valence-electron chi connectivity index (χ3n) is 4.22. The highest BCUT2D eigenvalue weighted by Gasteiger charge is 2.27. The average molecular weight is 377 g/mol. The van der Waals surface area contributed by atoms with Crippen molar-refractivity contribution in [3.63, 3.8) is 0 Å². The van der Waals surface area contributed by atoms with E-state index >= 15 is 0 Å². The van der Waals surface area contributed by atoms with Crippen molar-refractivity contribution in [1.29, 1.82) is 5.41 Å². The lowest BCUT2D eigenvalue weighted by Crippen LogP contribution is -2.42. The Bertz CT molecular complexity index is 823. The number of hydrogen-bond acceptors (Lipinski definition) is 3. The van der Waals surface area contributed by atoms with Gasteiger partial charge in [-0.05, 0) is 41.8 Å². The lowest BCUT2D eigenvalue weighted by molar-refractivity contribution is -0.113. The first kappa shape index (κ1) is 17.8. The first-order valence-corrected chi connectivity index (χ1v) is 8.78. The first-order valence-electron chi connectivity index (χ1n) is 8.03. The van der Waals surface area contributed by atoms with Crippen LogP contribution in [0.15, 0.2) is 42.5 Å². The smallest absolute Gasteiger partial charge is 0.272 e. The van der Waals surface area contributed by atoms with E-state index in [2.05, 4.69) is 0 Å². The van der Waals surface area contributed by atoms with E-state index in [1.165, 1.54) is 0 Å². The van der Waals surface area contributed by atoms with E-state index in [0.29, 0.717) is 41.1 Å². The number of rotatable bonds is 4. The summed E-state index contributed by atoms with van der Waals surface area (Å²) in [5, 5.41) is 9.44. The Kier molecular flexibility index (Phi) is 5.30. The summed E-state index contributed by atoms with van der Waals surface area (Å²) in [4.78, 5) is 14.3. The van der Waals surface area contributed by atoms with Gasteiger partial charge in [-0.3, -0.25) is 10.2 Å². The van der Waals surface area contributed by atoms with Gasteiger partial charge in [0.1, 0.15) is 12.4 Å². The Morgan fingerprint density at radius 3 is 2.76 bits per heavy atom. The minimum absolute atomic E-state index is 0.0232. The summed E-state index contributed by atoms with van der Waals surface area (Å²) in [6.07, 6.45) is 0.340. The van der Waals surface area contributed by atoms with E-state index in [-0.39, 0.29) is 17.5 Å². The highest BCUT2D eigenvalue weighted by Crippen LogP contribution is 2.34. The van der Waals surface area contributed by atoms with Gasteiger partial charge in [-0.2, -0.15) is 0 Å². The highest BCUT2D eigenvalue weighted by atomic mass is 35.5. The number of nitrogens with zero attached hydrogens (tertiary/aromatic N) is 1. The molecule has 1 atom stereocenters. The Labute approximate surface area is 156 Å². The zero-order valence-corrected chi connectivity index (χ0v) is 15.3. The van der Waals surface area contributed by atoms with E-state index < -0.39 is 0 Å². The van der Waals surface area contributed by atoms with Crippen LogP contribution in [0.1, 0.15) is 24.8 Å². The predicted octanol–water partition coefficient (Wildman–Crippen LogP) is 4.93. The summed E-state index contributed by atoms with van der Waals surface area (Å²) >= 11 is 12.1. The van der Waals surface area contributed by atoms with E-state index in [1.807, 2.05) is 31.2 Å². The van der Waals surface area contributed by atoms with Crippen LogP contribution in [0.4, 0.5) is 5.69 Å². The van der Waals surface area contributed by atoms with Crippen LogP contribution in [-0.2, 0) is 4.79 Å². The average Bonchev–Trinajstić information content (AvgIpc) is 2.60. The van der Waals surface area contributed by atoms with Gasteiger partial charge in [0, 0.05) is 16.5 Å². The predicted molar refractivity (Wildman–Crippen MR) is 102 cm³/mol. The number of benzene rings is 2. The number of fused-ring (bicyclic) bond motifs is 1. The summed E-state index contributed by atoms with van der Waals surface area (Å²) in [6, 6.07) is 12.7. The molecule has 0 aromatic heterocycles. The lowest BCUT2D eigenvalue weighted by Gasteiger charge is -2.30. The summed E-state index contributed by atoms with van der Waals surface area (Å²) in [5.41, 5.74) is 1.68. The number of amides is 1. The maximum absolute atomic E-state index is 12.8. The van der Waals surface area contributed by atoms with Gasteiger partial charge in [-0.1, -0.05) is 42.3 Å². The monoisotopic (exact) mass is 376 g/mol. The van der Waals surface area contributed by atoms with Crippen molar-refractivity contribution in [3.8, 4) is 5.75 Å². The van der Waals surface area contributed by atoms with Crippen molar-refractivity contribution in [2.24, 2.45) is 0 Å². The molecule has 1 amide bonds. The van der Waals surface area contributed by atoms with Crippen molar-refractivity contribution in [3.05, 3.63) is 58.1 Å². The summed E-state index contributed by atoms with van der Waals surface area (Å²) in [5.74, 6) is 0.315. The van der Waals surface area contributed by atoms with Gasteiger partial charge >= 0.3 is 0 Å². The van der Waals surface area contributed by atoms with Gasteiger partial charge in [-0.15, -0.1) is 0 Å². The molecule has 1 aliphatic heterocycles. The number of carbonyl (C=O) groups is 1. The van der Waals surface area contributed by atoms with Crippen LogP contribution in [0.25, 0.3) is 0 Å². The quantitative estimate of drug-likeness (QED) is 0.768. The van der Waals surface area contributed by atoms with Crippen LogP contribution in [0.5, 0.6) is 5.75 Å². The maximum Gasteiger partial charge on any atom is 0.272 e. The molecule has 25 heavy (non-hydrogen) atoms. The molecule has 1 heterocycles. The van der Waals surface area contributed by atoms with Crippen molar-refractivity contribution in [1.82, 2.24) is 0 Å². The normalized spacial score (nSPS) is 14.4. The number of hydrogen-bond donors (Lipinski definition) is 1. The zero-order chi connectivity index (χ0) is 18.0. The molecule has 130 valence electrons. The van der Waals surface area contributed by atoms with Crippen molar-refractivity contribution >= 4 is 40.5 Å². The van der Waals surface area contributed by atoms with Crippen LogP contribution < -0.4 is 9.64 Å². The molecular formula is C19H18Cl2N2O2. The number of halogens is 2. The minimum atomic E-state index is -0.319. The van der Waals surface area contributed by atoms with Gasteiger partial charge in [0.15, 0.2) is 0 Å². The molecule has 0 spiro atoms. The van der Waals surface area contributed by atoms with Crippen LogP contribution in [0, 0.1) is 5.41 Å². The van der Waals surface area contributed by atoms with Crippen LogP contribution in [0.2, 0.25) is 10.0 Å². The number of ether oxygens (including phenoxy) is 1. The molecule has 0 aliphatic carbocycles. The van der Waals surface area contributed by atoms with E-state index in [4.69, 9.17) is 33.3 Å². The molecule has 0 saturated heterocycles. The molecule has 1 aliphatic rings. The summed E-state index contributed by atoms with van der Waals surface area (Å²) in [6.45, 7) is 2.79. The molecule has 6 heteroatoms. The topological polar surface area (TPSA) is 53.4 Å². The zero-order valence-electron chi connectivity index (χ0n) is 13.8. The SMILES string of the molecule is CC(CC(=N)C(=O)N1CCOc2ccc(Cl)cc21)c1cccc(Cl)c1. The van der Waals surface area contributed by atoms with Gasteiger partial charge in [0.25, 0.3) is 5.91 Å². The third-order valence-corrected chi connectivity index (χ3v) is 4.69. The number of anilines is 1. The Balaban J connectivity index is 1.75. The van der Waals surface area contributed by atoms with Crippen molar-refractivity contribution in [2.45, 2.75) is 19.3 Å². The molecule has 0 fully saturated rings. The van der Waals surface area contributed by atoms with E-state index in [1.54, 1.807) is 23.1 Å². The molecule has 4 nitrogen and oxygen atoms in total. The molecular weight excluding hydrogens is 359 g/mol. The number of carbonyl (C=O) groups excluding carboxylic acids is 1. The Morgan fingerprint density at radius 2 is 2.00 bits per heavy atom. The van der Waals surface area contributed by atoms with E-state index in [9.17, 15) is 4.79 Å². The molecule has 3 rings (SSSR count). The maximum atomic E-state index is 12.8. The molecule has 1 unspecified atom stereocenters. The third kappa shape index (κ3) is 3.97. The first-order chi connectivity index (χ1) is 12.0. The fraction of sp³-hybridized carbons (Fsp3) is 0.263. The molecule has 0 bridgehead atoms. The van der Waals surface area contributed by atoms with Gasteiger partial charge in [0.2, 0.25) is 0 Å². The molecule has 1 N–H and O–H groups in total. The summed E-state index contributed by atoms with van der Waals surface area (Å²) < 4.78 is 5.56. The second kappa shape index (κ2) is 7.46. The van der Waals surface area contributed by atoms with Crippen molar-refractivity contribution < 1.29 is 9.53 Å². The Morgan fingerprint density at radius 1 is 1.24 bits per heavy atom. The van der Waals surface area contributed by atoms with Gasteiger partial charge in [0.05, 0.1) is 17.9 Å². The molecule has 2 aromatic rings. The van der Waals surface area contributed by atoms with Gasteiger partial charge < -0.3 is 9.64 Å². The van der Waals surface area contributed by atoms with Gasteiger partial charge in [-0.25, -0.2) is 0 Å². The second-order valence-electron chi connectivity index (χ2n) is 6.06. The number of nitrogens with one attached hydrogen (secondary N) is 1. The fourth-order valence-electron chi connectivity index (χ4n) is 2.89. The molecule has 0 saturated carbocycles. The Hall–Kier alpha value is -2.04. The highest BCUT2D eigenvalue weighted by molar-refractivity contribution is 6.43.